The van der Waals surface area contributed by atoms with E-state index in [-0.39, 0.29) is 16.2 Å². The summed E-state index contributed by atoms with van der Waals surface area (Å²) in [5.74, 6) is 6.32. The highest BCUT2D eigenvalue weighted by Crippen LogP contribution is 2.38. The first-order chi connectivity index (χ1) is 10.6. The maximum absolute atomic E-state index is 6.48. The molecule has 0 N–H and O–H groups in total. The van der Waals surface area contributed by atoms with E-state index in [2.05, 4.69) is 79.6 Å². The summed E-state index contributed by atoms with van der Waals surface area (Å²) < 4.78 is 12.7. The van der Waals surface area contributed by atoms with Crippen LogP contribution in [0.15, 0.2) is 0 Å². The molecule has 2 nitrogen and oxygen atoms in total. The Morgan fingerprint density at radius 1 is 0.833 bits per heavy atom. The van der Waals surface area contributed by atoms with Crippen molar-refractivity contribution in [1.82, 2.24) is 0 Å². The first-order valence-corrected chi connectivity index (χ1v) is 15.2. The highest BCUT2D eigenvalue weighted by atomic mass is 28.4. The van der Waals surface area contributed by atoms with E-state index in [0.717, 1.165) is 25.9 Å². The summed E-state index contributed by atoms with van der Waals surface area (Å²) >= 11 is 0. The molecule has 0 aromatic heterocycles. The molecule has 0 aliphatic heterocycles. The van der Waals surface area contributed by atoms with Gasteiger partial charge in [-0.15, -0.1) is 5.92 Å². The van der Waals surface area contributed by atoms with Crippen molar-refractivity contribution in [3.8, 4) is 11.8 Å². The molecular weight excluding hydrogens is 328 g/mol. The SMILES string of the molecule is CC#C[C@H](CCCCO[Si](C)(C)C(C)(C)C)O[Si](C)(C)C(C)(C)C. The number of unbranched alkanes of at least 4 members (excludes halogenated alkanes) is 1. The summed E-state index contributed by atoms with van der Waals surface area (Å²) in [5.41, 5.74) is 0. The van der Waals surface area contributed by atoms with Crippen LogP contribution in [0.25, 0.3) is 0 Å². The first kappa shape index (κ1) is 23.9. The summed E-state index contributed by atoms with van der Waals surface area (Å²) in [6, 6.07) is 0. The van der Waals surface area contributed by atoms with Gasteiger partial charge in [0.2, 0.25) is 0 Å². The molecule has 0 amide bonds. The van der Waals surface area contributed by atoms with Gasteiger partial charge in [-0.1, -0.05) is 47.5 Å². The Hall–Kier alpha value is -0.0862. The van der Waals surface area contributed by atoms with Gasteiger partial charge in [0.1, 0.15) is 6.10 Å². The maximum atomic E-state index is 6.48. The van der Waals surface area contributed by atoms with E-state index in [4.69, 9.17) is 8.85 Å². The third-order valence-electron chi connectivity index (χ3n) is 5.68. The Morgan fingerprint density at radius 3 is 1.75 bits per heavy atom. The van der Waals surface area contributed by atoms with Crippen molar-refractivity contribution in [2.75, 3.05) is 6.61 Å². The second kappa shape index (κ2) is 9.03. The average molecular weight is 371 g/mol. The Morgan fingerprint density at radius 2 is 1.33 bits per heavy atom. The molecule has 0 aromatic carbocycles. The highest BCUT2D eigenvalue weighted by Gasteiger charge is 2.39. The van der Waals surface area contributed by atoms with Gasteiger partial charge in [-0.3, -0.25) is 0 Å². The minimum absolute atomic E-state index is 0.0729. The highest BCUT2D eigenvalue weighted by molar-refractivity contribution is 6.74. The minimum atomic E-state index is -1.76. The van der Waals surface area contributed by atoms with E-state index >= 15 is 0 Å². The third kappa shape index (κ3) is 7.86. The van der Waals surface area contributed by atoms with Crippen LogP contribution in [0.5, 0.6) is 0 Å². The second-order valence-corrected chi connectivity index (χ2v) is 19.4. The first-order valence-electron chi connectivity index (χ1n) is 9.38. The largest absolute Gasteiger partial charge is 0.417 e. The second-order valence-electron chi connectivity index (χ2n) is 9.87. The fraction of sp³-hybridized carbons (Fsp3) is 0.900. The van der Waals surface area contributed by atoms with Crippen LogP contribution in [0.2, 0.25) is 36.3 Å². The van der Waals surface area contributed by atoms with Crippen LogP contribution in [-0.2, 0) is 8.85 Å². The topological polar surface area (TPSA) is 18.5 Å². The van der Waals surface area contributed by atoms with Crippen molar-refractivity contribution in [1.29, 1.82) is 0 Å². The van der Waals surface area contributed by atoms with Crippen molar-refractivity contribution < 1.29 is 8.85 Å². The lowest BCUT2D eigenvalue weighted by Gasteiger charge is -2.38. The fourth-order valence-corrected chi connectivity index (χ4v) is 4.16. The summed E-state index contributed by atoms with van der Waals surface area (Å²) in [6.07, 6.45) is 3.29. The molecule has 0 fully saturated rings. The third-order valence-corrected chi connectivity index (χ3v) is 14.7. The fourth-order valence-electron chi connectivity index (χ4n) is 1.83. The van der Waals surface area contributed by atoms with Crippen LogP contribution in [0.1, 0.15) is 67.7 Å². The zero-order chi connectivity index (χ0) is 19.2. The molecule has 0 aromatic rings. The molecule has 0 aliphatic rings. The van der Waals surface area contributed by atoms with E-state index in [9.17, 15) is 0 Å². The molecule has 0 saturated heterocycles. The van der Waals surface area contributed by atoms with Crippen molar-refractivity contribution in [2.45, 2.75) is 110 Å². The zero-order valence-corrected chi connectivity index (χ0v) is 20.2. The summed E-state index contributed by atoms with van der Waals surface area (Å²) in [6.45, 7) is 25.7. The predicted molar refractivity (Wildman–Crippen MR) is 113 cm³/mol. The lowest BCUT2D eigenvalue weighted by Crippen LogP contribution is -2.43. The van der Waals surface area contributed by atoms with E-state index in [0.29, 0.717) is 0 Å². The Bertz CT molecular complexity index is 431. The number of rotatable bonds is 8. The van der Waals surface area contributed by atoms with Crippen molar-refractivity contribution in [3.63, 3.8) is 0 Å². The van der Waals surface area contributed by atoms with Gasteiger partial charge < -0.3 is 8.85 Å². The Balaban J connectivity index is 4.41. The minimum Gasteiger partial charge on any atom is -0.417 e. The monoisotopic (exact) mass is 370 g/mol. The number of hydrogen-bond acceptors (Lipinski definition) is 2. The summed E-state index contributed by atoms with van der Waals surface area (Å²) in [4.78, 5) is 0. The van der Waals surface area contributed by atoms with Gasteiger partial charge in [0.05, 0.1) is 0 Å². The molecule has 1 atom stereocenters. The van der Waals surface area contributed by atoms with E-state index in [1.165, 1.54) is 0 Å². The normalized spacial score (nSPS) is 15.0. The van der Waals surface area contributed by atoms with Gasteiger partial charge in [0.15, 0.2) is 16.6 Å². The maximum Gasteiger partial charge on any atom is 0.193 e. The molecular formula is C20H42O2Si2. The van der Waals surface area contributed by atoms with Crippen LogP contribution < -0.4 is 0 Å². The van der Waals surface area contributed by atoms with Gasteiger partial charge in [0, 0.05) is 6.61 Å². The van der Waals surface area contributed by atoms with Crippen LogP contribution in [0, 0.1) is 11.8 Å². The van der Waals surface area contributed by atoms with Crippen LogP contribution >= 0.6 is 0 Å². The van der Waals surface area contributed by atoms with Gasteiger partial charge in [-0.05, 0) is 62.5 Å². The van der Waals surface area contributed by atoms with Gasteiger partial charge in [-0.25, -0.2) is 0 Å². The predicted octanol–water partition coefficient (Wildman–Crippen LogP) is 6.59. The van der Waals surface area contributed by atoms with Gasteiger partial charge in [-0.2, -0.15) is 0 Å². The summed E-state index contributed by atoms with van der Waals surface area (Å²) in [7, 11) is -3.37. The molecule has 0 aliphatic carbocycles. The van der Waals surface area contributed by atoms with Crippen LogP contribution in [0.3, 0.4) is 0 Å². The molecule has 0 radical (unpaired) electrons. The summed E-state index contributed by atoms with van der Waals surface area (Å²) in [5, 5.41) is 0.515. The number of hydrogen-bond donors (Lipinski definition) is 0. The van der Waals surface area contributed by atoms with Gasteiger partial charge in [0.25, 0.3) is 0 Å². The van der Waals surface area contributed by atoms with Crippen LogP contribution in [0.4, 0.5) is 0 Å². The molecule has 0 saturated carbocycles. The van der Waals surface area contributed by atoms with Crippen molar-refractivity contribution in [3.05, 3.63) is 0 Å². The van der Waals surface area contributed by atoms with Crippen molar-refractivity contribution in [2.24, 2.45) is 0 Å². The lowest BCUT2D eigenvalue weighted by molar-refractivity contribution is 0.211. The van der Waals surface area contributed by atoms with E-state index in [1.807, 2.05) is 6.92 Å². The molecule has 0 bridgehead atoms. The smallest absolute Gasteiger partial charge is 0.193 e. The van der Waals surface area contributed by atoms with Crippen molar-refractivity contribution >= 4 is 16.6 Å². The standard InChI is InChI=1S/C20H42O2Si2/c1-12-15-18(22-24(10,11)20(5,6)7)16-13-14-17-21-23(8,9)19(2,3)4/h18H,13-14,16-17H2,1-11H3/t18-/m1/s1. The molecule has 0 rings (SSSR count). The molecule has 4 heteroatoms. The van der Waals surface area contributed by atoms with E-state index in [1.54, 1.807) is 0 Å². The molecule has 24 heavy (non-hydrogen) atoms. The molecule has 0 heterocycles. The average Bonchev–Trinajstić information content (AvgIpc) is 2.35. The lowest BCUT2D eigenvalue weighted by atomic mass is 10.1. The molecule has 142 valence electrons. The quantitative estimate of drug-likeness (QED) is 0.272. The molecule has 0 spiro atoms. The Kier molecular flexibility index (Phi) is 8.99. The Labute approximate surface area is 154 Å². The molecule has 0 unspecified atom stereocenters. The zero-order valence-electron chi connectivity index (χ0n) is 18.2. The van der Waals surface area contributed by atoms with E-state index < -0.39 is 16.6 Å². The van der Waals surface area contributed by atoms with Crippen LogP contribution in [-0.4, -0.2) is 29.3 Å². The van der Waals surface area contributed by atoms with Gasteiger partial charge >= 0.3 is 0 Å².